The maximum absolute atomic E-state index is 15.7. The van der Waals surface area contributed by atoms with E-state index in [-0.39, 0.29) is 41.5 Å². The summed E-state index contributed by atoms with van der Waals surface area (Å²) in [6.07, 6.45) is 4.61. The Morgan fingerprint density at radius 1 is 1.07 bits per heavy atom. The first-order valence-electron chi connectivity index (χ1n) is 18.2. The molecule has 0 unspecified atom stereocenters. The lowest BCUT2D eigenvalue weighted by molar-refractivity contribution is -0.128. The monoisotopic (exact) mass is 738 g/mol. The molecule has 2 saturated heterocycles. The lowest BCUT2D eigenvalue weighted by Gasteiger charge is -2.43. The van der Waals surface area contributed by atoms with E-state index < -0.39 is 11.4 Å². The number of hydrogen-bond donors (Lipinski definition) is 2. The van der Waals surface area contributed by atoms with Crippen LogP contribution in [0.2, 0.25) is 0 Å². The number of nitrogens with two attached hydrogens (primary N) is 1. The van der Waals surface area contributed by atoms with Crippen molar-refractivity contribution in [1.29, 1.82) is 0 Å². The Morgan fingerprint density at radius 2 is 1.85 bits per heavy atom. The summed E-state index contributed by atoms with van der Waals surface area (Å²) in [5.41, 5.74) is 6.82. The number of rotatable bonds is 14. The lowest BCUT2D eigenvalue weighted by atomic mass is 9.99. The van der Waals surface area contributed by atoms with Gasteiger partial charge in [-0.3, -0.25) is 19.4 Å². The molecule has 2 aliphatic rings. The third kappa shape index (κ3) is 9.02. The van der Waals surface area contributed by atoms with Gasteiger partial charge in [0, 0.05) is 69.9 Å². The average molecular weight is 739 g/mol. The van der Waals surface area contributed by atoms with Gasteiger partial charge >= 0.3 is 0 Å². The van der Waals surface area contributed by atoms with Gasteiger partial charge in [0.25, 0.3) is 5.91 Å². The molecule has 2 aliphatic heterocycles. The molecule has 4 aromatic rings. The van der Waals surface area contributed by atoms with Gasteiger partial charge in [0.15, 0.2) is 5.65 Å². The molecule has 1 atom stereocenters. The number of amides is 2. The van der Waals surface area contributed by atoms with Crippen LogP contribution in [0.5, 0.6) is 11.5 Å². The van der Waals surface area contributed by atoms with Crippen LogP contribution in [-0.2, 0) is 20.9 Å². The van der Waals surface area contributed by atoms with Gasteiger partial charge in [-0.2, -0.15) is 5.10 Å². The van der Waals surface area contributed by atoms with Crippen molar-refractivity contribution >= 4 is 28.7 Å². The van der Waals surface area contributed by atoms with Gasteiger partial charge in [-0.25, -0.2) is 23.9 Å². The first kappa shape index (κ1) is 38.3. The highest BCUT2D eigenvalue weighted by atomic mass is 19.1. The highest BCUT2D eigenvalue weighted by Gasteiger charge is 2.35. The second kappa shape index (κ2) is 17.1. The van der Waals surface area contributed by atoms with E-state index in [0.717, 1.165) is 39.1 Å². The molecule has 0 saturated carbocycles. The molecule has 54 heavy (non-hydrogen) atoms. The minimum atomic E-state index is -0.545. The quantitative estimate of drug-likeness (QED) is 0.109. The maximum atomic E-state index is 15.7. The van der Waals surface area contributed by atoms with E-state index in [9.17, 15) is 9.59 Å². The van der Waals surface area contributed by atoms with Crippen molar-refractivity contribution < 1.29 is 23.5 Å². The summed E-state index contributed by atoms with van der Waals surface area (Å²) in [7, 11) is 0. The minimum Gasteiger partial charge on any atom is -0.457 e. The van der Waals surface area contributed by atoms with Crippen molar-refractivity contribution in [3.8, 4) is 22.8 Å². The summed E-state index contributed by atoms with van der Waals surface area (Å²) >= 11 is 0. The Balaban J connectivity index is 1.13. The van der Waals surface area contributed by atoms with Gasteiger partial charge in [0.1, 0.15) is 35.2 Å². The summed E-state index contributed by atoms with van der Waals surface area (Å²) in [6.45, 7) is 19.9. The summed E-state index contributed by atoms with van der Waals surface area (Å²) in [5.74, 6) is 0.153. The van der Waals surface area contributed by atoms with Gasteiger partial charge in [-0.05, 0) is 51.0 Å². The van der Waals surface area contributed by atoms with E-state index in [1.54, 1.807) is 39.9 Å². The second-order valence-electron chi connectivity index (χ2n) is 14.1. The first-order chi connectivity index (χ1) is 26.0. The predicted molar refractivity (Wildman–Crippen MR) is 203 cm³/mol. The molecule has 3 N–H and O–H groups in total. The number of anilines is 1. The van der Waals surface area contributed by atoms with Gasteiger partial charge in [0.05, 0.1) is 37.8 Å². The van der Waals surface area contributed by atoms with Crippen LogP contribution in [0.3, 0.4) is 0 Å². The molecule has 6 rings (SSSR count). The van der Waals surface area contributed by atoms with Crippen LogP contribution in [0.15, 0.2) is 66.6 Å². The first-order valence-corrected chi connectivity index (χ1v) is 18.2. The Bertz CT molecular complexity index is 2020. The zero-order chi connectivity index (χ0) is 38.2. The number of fused-ring (bicyclic) bond motifs is 1. The van der Waals surface area contributed by atoms with Crippen LogP contribution in [0.4, 0.5) is 10.2 Å². The zero-order valence-electron chi connectivity index (χ0n) is 31.0. The highest BCUT2D eigenvalue weighted by Crippen LogP contribution is 2.35. The summed E-state index contributed by atoms with van der Waals surface area (Å²) in [6, 6.07) is 13.4. The Labute approximate surface area is 314 Å². The molecule has 0 spiro atoms. The molecule has 15 heteroatoms. The van der Waals surface area contributed by atoms with E-state index in [2.05, 4.69) is 29.9 Å². The number of para-hydroxylation sites is 1. The Kier molecular flexibility index (Phi) is 12.2. The van der Waals surface area contributed by atoms with Crippen LogP contribution in [0.25, 0.3) is 27.1 Å². The minimum absolute atomic E-state index is 0.0685. The summed E-state index contributed by atoms with van der Waals surface area (Å²) < 4.78 is 28.8. The fraction of sp³-hybridized carbons (Fsp3) is 0.436. The van der Waals surface area contributed by atoms with E-state index in [4.69, 9.17) is 26.9 Å². The van der Waals surface area contributed by atoms with Crippen LogP contribution in [0.1, 0.15) is 33.6 Å². The fourth-order valence-corrected chi connectivity index (χ4v) is 7.07. The van der Waals surface area contributed by atoms with E-state index in [0.29, 0.717) is 61.0 Å². The lowest BCUT2D eigenvalue weighted by Crippen LogP contribution is -2.54. The number of benzene rings is 2. The van der Waals surface area contributed by atoms with Crippen LogP contribution in [-0.4, -0.2) is 117 Å². The molecule has 0 aliphatic carbocycles. The molecule has 2 aromatic carbocycles. The van der Waals surface area contributed by atoms with Gasteiger partial charge < -0.3 is 25.4 Å². The molecule has 0 radical (unpaired) electrons. The number of halogens is 1. The molecule has 2 amide bonds. The van der Waals surface area contributed by atoms with Crippen molar-refractivity contribution in [2.75, 3.05) is 64.8 Å². The van der Waals surface area contributed by atoms with Crippen LogP contribution < -0.4 is 15.8 Å². The number of nitrogens with zero attached hydrogens (tertiary/aromatic N) is 8. The number of carbonyl (C=O) groups excluding carboxylic acids is 2. The van der Waals surface area contributed by atoms with Crippen molar-refractivity contribution in [1.82, 2.24) is 39.8 Å². The third-order valence-electron chi connectivity index (χ3n) is 9.94. The van der Waals surface area contributed by atoms with Crippen molar-refractivity contribution in [3.63, 3.8) is 0 Å². The fourth-order valence-electron chi connectivity index (χ4n) is 7.07. The van der Waals surface area contributed by atoms with Crippen molar-refractivity contribution in [2.45, 2.75) is 51.7 Å². The average Bonchev–Trinajstić information content (AvgIpc) is 3.78. The molecular formula is C39H47FN10O4. The number of ether oxygens (including phenoxy) is 2. The third-order valence-corrected chi connectivity index (χ3v) is 9.94. The number of likely N-dealkylation sites (tertiary alicyclic amines) is 1. The number of nitrogens with one attached hydrogen (secondary N) is 1. The van der Waals surface area contributed by atoms with Crippen LogP contribution >= 0.6 is 0 Å². The van der Waals surface area contributed by atoms with Crippen molar-refractivity contribution in [3.05, 3.63) is 83.9 Å². The smallest absolute Gasteiger partial charge is 0.252 e. The van der Waals surface area contributed by atoms with Gasteiger partial charge in [-0.1, -0.05) is 24.3 Å². The molecule has 14 nitrogen and oxygen atoms in total. The Morgan fingerprint density at radius 3 is 2.57 bits per heavy atom. The van der Waals surface area contributed by atoms with E-state index in [1.807, 2.05) is 32.0 Å². The molecular weight excluding hydrogens is 691 g/mol. The van der Waals surface area contributed by atoms with Gasteiger partial charge in [-0.15, -0.1) is 0 Å². The number of carbonyl (C=O) groups is 2. The standard InChI is InChI=1S/C39H47FN10O4/c1-27(51)43-14-21-53-22-20-47-16-18-48(19-17-47)39(2,3)24-33(42-4)38(52)49-15-8-9-28(49)25-50-37-34(36(41)44-26-45-37)35(46-50)31-13-12-30(23-32(31)40)54-29-10-6-5-7-11-29/h5-7,10-13,23-24,26,28H,8-9,14-22,25H2,1-3H3,(H,43,51)(H2,41,44,45)/b33-24-/t28-/m1/s1. The SMILES string of the molecule is [C-]#[N+]/C(=C\C(C)(C)N1CCN(CCOCCNC(C)=O)CC1)C(=O)N1CCC[C@@H]1Cn1nc(-c2ccc(Oc3ccccc3)cc2F)c2c(N)ncnc21. The Hall–Kier alpha value is -5.43. The van der Waals surface area contributed by atoms with E-state index >= 15 is 4.39 Å². The normalized spacial score (nSPS) is 17.1. The highest BCUT2D eigenvalue weighted by molar-refractivity contribution is 5.98. The number of piperazine rings is 1. The van der Waals surface area contributed by atoms with E-state index in [1.165, 1.54) is 19.3 Å². The van der Waals surface area contributed by atoms with Crippen LogP contribution in [0, 0.1) is 12.4 Å². The summed E-state index contributed by atoms with van der Waals surface area (Å²) in [4.78, 5) is 43.7. The van der Waals surface area contributed by atoms with Gasteiger partial charge in [0.2, 0.25) is 11.6 Å². The number of hydrogen-bond acceptors (Lipinski definition) is 10. The molecule has 2 aromatic heterocycles. The second-order valence-corrected chi connectivity index (χ2v) is 14.1. The maximum Gasteiger partial charge on any atom is 0.252 e. The molecule has 284 valence electrons. The predicted octanol–water partition coefficient (Wildman–Crippen LogP) is 4.35. The number of nitrogen functional groups attached to an aromatic ring is 1. The largest absolute Gasteiger partial charge is 0.457 e. The van der Waals surface area contributed by atoms with Crippen molar-refractivity contribution in [2.24, 2.45) is 0 Å². The topological polar surface area (TPSA) is 148 Å². The zero-order valence-corrected chi connectivity index (χ0v) is 31.0. The molecule has 0 bridgehead atoms. The summed E-state index contributed by atoms with van der Waals surface area (Å²) in [5, 5.41) is 7.93. The molecule has 2 fully saturated rings. The number of aromatic nitrogens is 4. The molecule has 4 heterocycles.